The van der Waals surface area contributed by atoms with Crippen molar-refractivity contribution < 1.29 is 19.7 Å². The van der Waals surface area contributed by atoms with E-state index in [1.807, 2.05) is 6.92 Å². The number of nitro benzene ring substituents is 2. The van der Waals surface area contributed by atoms with Crippen molar-refractivity contribution in [2.75, 3.05) is 6.61 Å². The van der Waals surface area contributed by atoms with Gasteiger partial charge in [-0.2, -0.15) is 0 Å². The predicted octanol–water partition coefficient (Wildman–Crippen LogP) is 1.86. The third kappa shape index (κ3) is 6.51. The maximum Gasteiger partial charge on any atom is 0.276 e. The number of rotatable bonds is 4. The topological polar surface area (TPSA) is 116 Å². The number of non-ortho nitro benzene ring substituents is 2. The maximum atomic E-state index is 10.2. The minimum atomic E-state index is -0.674. The summed E-state index contributed by atoms with van der Waals surface area (Å²) in [6.07, 6.45) is -0.602. The first-order chi connectivity index (χ1) is 8.38. The Hall–Kier alpha value is -2.06. The zero-order valence-corrected chi connectivity index (χ0v) is 9.98. The standard InChI is InChI=1S/C6H4N2O4.C4H10O2/c9-7(10)5-2-1-3-6(4-5)8(11)12;1-3-6-4(2)5/h1-4H;4-5H,3H2,1-2H3. The summed E-state index contributed by atoms with van der Waals surface area (Å²) in [6.45, 7) is 4.01. The van der Waals surface area contributed by atoms with Crippen molar-refractivity contribution in [1.82, 2.24) is 0 Å². The Morgan fingerprint density at radius 2 is 1.72 bits per heavy atom. The molecule has 18 heavy (non-hydrogen) atoms. The fraction of sp³-hybridized carbons (Fsp3) is 0.400. The summed E-state index contributed by atoms with van der Waals surface area (Å²) in [5.41, 5.74) is -0.548. The van der Waals surface area contributed by atoms with Crippen molar-refractivity contribution in [3.8, 4) is 0 Å². The van der Waals surface area contributed by atoms with E-state index in [2.05, 4.69) is 4.74 Å². The van der Waals surface area contributed by atoms with Crippen molar-refractivity contribution in [2.24, 2.45) is 0 Å². The third-order valence-electron chi connectivity index (χ3n) is 1.66. The molecule has 0 aliphatic rings. The number of aliphatic hydroxyl groups excluding tert-OH is 1. The van der Waals surface area contributed by atoms with Gasteiger partial charge < -0.3 is 9.84 Å². The lowest BCUT2D eigenvalue weighted by atomic mass is 10.3. The Balaban J connectivity index is 0.000000411. The van der Waals surface area contributed by atoms with Crippen LogP contribution in [0.25, 0.3) is 0 Å². The number of ether oxygens (including phenoxy) is 1. The van der Waals surface area contributed by atoms with E-state index in [0.717, 1.165) is 6.07 Å². The summed E-state index contributed by atoms with van der Waals surface area (Å²) in [4.78, 5) is 19.0. The SMILES string of the molecule is CCOC(C)O.O=[N+]([O-])c1cccc([N+](=O)[O-])c1. The van der Waals surface area contributed by atoms with Gasteiger partial charge in [0.1, 0.15) is 0 Å². The van der Waals surface area contributed by atoms with Gasteiger partial charge in [0.25, 0.3) is 11.4 Å². The largest absolute Gasteiger partial charge is 0.368 e. The molecule has 8 nitrogen and oxygen atoms in total. The molecule has 1 aromatic rings. The highest BCUT2D eigenvalue weighted by molar-refractivity contribution is 5.42. The van der Waals surface area contributed by atoms with E-state index in [9.17, 15) is 20.2 Å². The summed E-state index contributed by atoms with van der Waals surface area (Å²) in [6, 6.07) is 4.59. The Bertz CT molecular complexity index is 378. The van der Waals surface area contributed by atoms with Gasteiger partial charge in [-0.15, -0.1) is 0 Å². The number of benzene rings is 1. The molecule has 1 rings (SSSR count). The lowest BCUT2D eigenvalue weighted by Gasteiger charge is -1.99. The first kappa shape index (κ1) is 15.9. The van der Waals surface area contributed by atoms with E-state index >= 15 is 0 Å². The Morgan fingerprint density at radius 1 is 1.28 bits per heavy atom. The Morgan fingerprint density at radius 3 is 1.94 bits per heavy atom. The molecule has 0 saturated heterocycles. The molecule has 0 bridgehead atoms. The molecule has 1 unspecified atom stereocenters. The van der Waals surface area contributed by atoms with Gasteiger partial charge in [-0.25, -0.2) is 0 Å². The Kier molecular flexibility index (Phi) is 7.17. The minimum absolute atomic E-state index is 0.274. The second-order valence-corrected chi connectivity index (χ2v) is 3.09. The van der Waals surface area contributed by atoms with Crippen LogP contribution in [-0.2, 0) is 4.74 Å². The van der Waals surface area contributed by atoms with Crippen molar-refractivity contribution >= 4 is 11.4 Å². The maximum absolute atomic E-state index is 10.2. The number of hydrogen-bond donors (Lipinski definition) is 1. The lowest BCUT2D eigenvalue weighted by Crippen LogP contribution is -2.04. The van der Waals surface area contributed by atoms with E-state index in [-0.39, 0.29) is 11.4 Å². The second-order valence-electron chi connectivity index (χ2n) is 3.09. The fourth-order valence-corrected chi connectivity index (χ4v) is 0.961. The van der Waals surface area contributed by atoms with E-state index in [1.54, 1.807) is 6.92 Å². The molecule has 1 aromatic carbocycles. The van der Waals surface area contributed by atoms with Crippen LogP contribution in [0.2, 0.25) is 0 Å². The number of hydrogen-bond acceptors (Lipinski definition) is 6. The molecule has 0 radical (unpaired) electrons. The molecule has 0 aliphatic carbocycles. The summed E-state index contributed by atoms with van der Waals surface area (Å²) < 4.78 is 4.60. The zero-order chi connectivity index (χ0) is 14.1. The van der Waals surface area contributed by atoms with Gasteiger partial charge in [0, 0.05) is 18.7 Å². The molecule has 1 atom stereocenters. The highest BCUT2D eigenvalue weighted by Crippen LogP contribution is 2.18. The van der Waals surface area contributed by atoms with Gasteiger partial charge in [0.15, 0.2) is 6.29 Å². The Labute approximate surface area is 103 Å². The van der Waals surface area contributed by atoms with Crippen molar-refractivity contribution in [2.45, 2.75) is 20.1 Å². The highest BCUT2D eigenvalue weighted by Gasteiger charge is 2.11. The first-order valence-corrected chi connectivity index (χ1v) is 5.07. The summed E-state index contributed by atoms with van der Waals surface area (Å²) in [5.74, 6) is 0. The first-order valence-electron chi connectivity index (χ1n) is 5.07. The van der Waals surface area contributed by atoms with Crippen LogP contribution < -0.4 is 0 Å². The van der Waals surface area contributed by atoms with Crippen molar-refractivity contribution in [3.05, 3.63) is 44.5 Å². The third-order valence-corrected chi connectivity index (χ3v) is 1.66. The zero-order valence-electron chi connectivity index (χ0n) is 9.98. The van der Waals surface area contributed by atoms with Crippen LogP contribution >= 0.6 is 0 Å². The molecule has 1 N–H and O–H groups in total. The fourth-order valence-electron chi connectivity index (χ4n) is 0.961. The number of nitro groups is 2. The van der Waals surface area contributed by atoms with Crippen molar-refractivity contribution in [3.63, 3.8) is 0 Å². The van der Waals surface area contributed by atoms with Gasteiger partial charge in [-0.1, -0.05) is 0 Å². The molecule has 0 fully saturated rings. The highest BCUT2D eigenvalue weighted by atomic mass is 16.6. The molecule has 8 heteroatoms. The van der Waals surface area contributed by atoms with E-state index in [1.165, 1.54) is 18.2 Å². The minimum Gasteiger partial charge on any atom is -0.368 e. The van der Waals surface area contributed by atoms with Crippen LogP contribution in [0.4, 0.5) is 11.4 Å². The smallest absolute Gasteiger partial charge is 0.276 e. The summed E-state index contributed by atoms with van der Waals surface area (Å²) in [7, 11) is 0. The van der Waals surface area contributed by atoms with E-state index < -0.39 is 16.1 Å². The van der Waals surface area contributed by atoms with Crippen LogP contribution in [0, 0.1) is 20.2 Å². The van der Waals surface area contributed by atoms with Crippen LogP contribution in [0.1, 0.15) is 13.8 Å². The molecule has 0 aliphatic heterocycles. The molecule has 100 valence electrons. The molecule has 0 aromatic heterocycles. The second kappa shape index (κ2) is 8.09. The van der Waals surface area contributed by atoms with Gasteiger partial charge in [0.2, 0.25) is 0 Å². The van der Waals surface area contributed by atoms with Gasteiger partial charge >= 0.3 is 0 Å². The molecule has 0 amide bonds. The summed E-state index contributed by atoms with van der Waals surface area (Å²) in [5, 5.41) is 28.6. The molecule has 0 heterocycles. The number of aliphatic hydroxyl groups is 1. The predicted molar refractivity (Wildman–Crippen MR) is 63.1 cm³/mol. The quantitative estimate of drug-likeness (QED) is 0.500. The van der Waals surface area contributed by atoms with Crippen LogP contribution in [-0.4, -0.2) is 27.9 Å². The number of nitrogens with zero attached hydrogens (tertiary/aromatic N) is 2. The van der Waals surface area contributed by atoms with Crippen LogP contribution in [0.15, 0.2) is 24.3 Å². The van der Waals surface area contributed by atoms with Gasteiger partial charge in [-0.05, 0) is 19.9 Å². The normalized spacial score (nSPS) is 11.1. The molecular formula is C10H14N2O6. The average Bonchev–Trinajstić information content (AvgIpc) is 2.29. The average molecular weight is 258 g/mol. The van der Waals surface area contributed by atoms with E-state index in [0.29, 0.717) is 6.61 Å². The van der Waals surface area contributed by atoms with Crippen molar-refractivity contribution in [1.29, 1.82) is 0 Å². The molecule has 0 saturated carbocycles. The van der Waals surface area contributed by atoms with Crippen LogP contribution in [0.3, 0.4) is 0 Å². The van der Waals surface area contributed by atoms with Gasteiger partial charge in [0.05, 0.1) is 15.9 Å². The monoisotopic (exact) mass is 258 g/mol. The summed E-state index contributed by atoms with van der Waals surface area (Å²) >= 11 is 0. The van der Waals surface area contributed by atoms with Gasteiger partial charge in [-0.3, -0.25) is 20.2 Å². The molecule has 0 spiro atoms. The lowest BCUT2D eigenvalue weighted by molar-refractivity contribution is -0.394. The van der Waals surface area contributed by atoms with Crippen LogP contribution in [0.5, 0.6) is 0 Å². The molecular weight excluding hydrogens is 244 g/mol. The van der Waals surface area contributed by atoms with E-state index in [4.69, 9.17) is 5.11 Å².